The third-order valence-electron chi connectivity index (χ3n) is 3.97. The van der Waals surface area contributed by atoms with Crippen molar-refractivity contribution in [2.75, 3.05) is 12.3 Å². The van der Waals surface area contributed by atoms with Gasteiger partial charge in [0, 0.05) is 13.0 Å². The maximum Gasteiger partial charge on any atom is 0.283 e. The first-order valence-electron chi connectivity index (χ1n) is 7.28. The van der Waals surface area contributed by atoms with E-state index in [1.54, 1.807) is 0 Å². The predicted molar refractivity (Wildman–Crippen MR) is 79.9 cm³/mol. The number of aliphatic hydroxyl groups excluding tert-OH is 3. The number of carbonyl (C=O) groups is 1. The van der Waals surface area contributed by atoms with E-state index >= 15 is 0 Å². The van der Waals surface area contributed by atoms with Gasteiger partial charge in [-0.05, 0) is 0 Å². The molecule has 0 aliphatic carbocycles. The Labute approximate surface area is 134 Å². The summed E-state index contributed by atoms with van der Waals surface area (Å²) in [6.45, 7) is -0.396. The van der Waals surface area contributed by atoms with Crippen LogP contribution in [0.4, 0.5) is 5.95 Å². The summed E-state index contributed by atoms with van der Waals surface area (Å²) in [5.74, 6) is -0.108. The fraction of sp³-hybridized carbons (Fsp3) is 0.538. The van der Waals surface area contributed by atoms with Crippen molar-refractivity contribution >= 4 is 23.4 Å². The fourth-order valence-electron chi connectivity index (χ4n) is 2.71. The molecule has 0 aromatic carbocycles. The quantitative estimate of drug-likeness (QED) is 0.426. The molecule has 2 aromatic heterocycles. The molecule has 5 N–H and O–H groups in total. The Hall–Kier alpha value is -2.34. The van der Waals surface area contributed by atoms with Gasteiger partial charge in [0.15, 0.2) is 17.4 Å². The van der Waals surface area contributed by atoms with E-state index in [0.29, 0.717) is 6.29 Å². The maximum absolute atomic E-state index is 12.4. The van der Waals surface area contributed by atoms with Crippen LogP contribution < -0.4 is 11.3 Å². The van der Waals surface area contributed by atoms with E-state index in [-0.39, 0.29) is 30.1 Å². The van der Waals surface area contributed by atoms with Crippen LogP contribution in [0.25, 0.3) is 11.2 Å². The third kappa shape index (κ3) is 2.47. The van der Waals surface area contributed by atoms with Crippen LogP contribution in [-0.4, -0.2) is 65.6 Å². The van der Waals surface area contributed by atoms with Gasteiger partial charge in [-0.15, -0.1) is 0 Å². The average Bonchev–Trinajstić information content (AvgIpc) is 3.09. The number of ether oxygens (including phenoxy) is 1. The van der Waals surface area contributed by atoms with Crippen molar-refractivity contribution in [2.24, 2.45) is 0 Å². The molecule has 3 heterocycles. The normalized spacial score (nSPS) is 27.0. The summed E-state index contributed by atoms with van der Waals surface area (Å²) >= 11 is 0. The minimum absolute atomic E-state index is 0.00663. The van der Waals surface area contributed by atoms with Gasteiger partial charge >= 0.3 is 0 Å². The monoisotopic (exact) mass is 339 g/mol. The van der Waals surface area contributed by atoms with Crippen molar-refractivity contribution in [2.45, 2.75) is 37.5 Å². The summed E-state index contributed by atoms with van der Waals surface area (Å²) in [6.07, 6.45) is -2.65. The minimum atomic E-state index is -1.33. The van der Waals surface area contributed by atoms with Gasteiger partial charge in [0.05, 0.1) is 12.9 Å². The molecule has 1 aliphatic heterocycles. The Balaban J connectivity index is 2.06. The molecule has 0 spiro atoms. The zero-order valence-corrected chi connectivity index (χ0v) is 12.5. The minimum Gasteiger partial charge on any atom is -0.394 e. The molecular weight excluding hydrogens is 322 g/mol. The Morgan fingerprint density at radius 1 is 1.38 bits per heavy atom. The highest BCUT2D eigenvalue weighted by Gasteiger charge is 2.44. The fourth-order valence-corrected chi connectivity index (χ4v) is 2.71. The molecule has 11 nitrogen and oxygen atoms in total. The van der Waals surface area contributed by atoms with Crippen molar-refractivity contribution in [3.05, 3.63) is 16.7 Å². The van der Waals surface area contributed by atoms with E-state index < -0.39 is 36.7 Å². The third-order valence-corrected chi connectivity index (χ3v) is 3.97. The second-order valence-corrected chi connectivity index (χ2v) is 5.44. The molecule has 0 radical (unpaired) electrons. The molecule has 11 heteroatoms. The summed E-state index contributed by atoms with van der Waals surface area (Å²) in [6, 6.07) is 0. The number of hydrogen-bond donors (Lipinski definition) is 4. The lowest BCUT2D eigenvalue weighted by molar-refractivity contribution is -0.108. The number of carbonyl (C=O) groups excluding carboxylic acids is 1. The summed E-state index contributed by atoms with van der Waals surface area (Å²) in [4.78, 5) is 31.0. The second-order valence-electron chi connectivity index (χ2n) is 5.44. The Kier molecular flexibility index (Phi) is 4.32. The lowest BCUT2D eigenvalue weighted by atomic mass is 10.1. The van der Waals surface area contributed by atoms with Crippen LogP contribution in [0.1, 0.15) is 12.6 Å². The van der Waals surface area contributed by atoms with Crippen LogP contribution in [0.5, 0.6) is 0 Å². The number of nitrogen functional groups attached to an aromatic ring is 1. The predicted octanol–water partition coefficient (Wildman–Crippen LogP) is -2.62. The zero-order valence-electron chi connectivity index (χ0n) is 12.5. The molecule has 1 aliphatic rings. The van der Waals surface area contributed by atoms with Gasteiger partial charge in [-0.1, -0.05) is 0 Å². The number of aliphatic hydroxyl groups is 3. The number of nitrogens with two attached hydrogens (primary N) is 1. The topological polar surface area (TPSA) is 166 Å². The number of nitrogens with zero attached hydrogens (tertiary/aromatic N) is 4. The van der Waals surface area contributed by atoms with E-state index in [9.17, 15) is 19.8 Å². The molecule has 0 bridgehead atoms. The van der Waals surface area contributed by atoms with Crippen molar-refractivity contribution < 1.29 is 24.9 Å². The zero-order chi connectivity index (χ0) is 17.4. The van der Waals surface area contributed by atoms with Gasteiger partial charge in [-0.2, -0.15) is 4.98 Å². The molecule has 0 unspecified atom stereocenters. The first kappa shape index (κ1) is 16.5. The number of imidazole rings is 1. The summed E-state index contributed by atoms with van der Waals surface area (Å²) < 4.78 is 7.81. The van der Waals surface area contributed by atoms with Crippen LogP contribution in [0, 0.1) is 0 Å². The molecule has 130 valence electrons. The summed E-state index contributed by atoms with van der Waals surface area (Å²) in [7, 11) is 0. The van der Waals surface area contributed by atoms with Crippen molar-refractivity contribution in [1.29, 1.82) is 0 Å². The first-order chi connectivity index (χ1) is 11.5. The standard InChI is InChI=1S/C13H17N5O6/c14-13-16-10-7(11(23)17(13)2-1-3-19)15-5-18(10)12-9(22)8(21)6(4-20)24-12/h3,5-6,8-9,12,20-22H,1-2,4H2,(H2,14,16)/t6-,8-,9-,12-/m1/s1. The number of hydrogen-bond acceptors (Lipinski definition) is 9. The van der Waals surface area contributed by atoms with Gasteiger partial charge in [0.25, 0.3) is 5.56 Å². The number of rotatable bonds is 5. The lowest BCUT2D eigenvalue weighted by Crippen LogP contribution is -2.33. The Morgan fingerprint density at radius 2 is 2.12 bits per heavy atom. The van der Waals surface area contributed by atoms with Gasteiger partial charge in [0.2, 0.25) is 5.95 Å². The highest BCUT2D eigenvalue weighted by atomic mass is 16.6. The lowest BCUT2D eigenvalue weighted by Gasteiger charge is -2.17. The number of fused-ring (bicyclic) bond motifs is 1. The second kappa shape index (κ2) is 6.28. The van der Waals surface area contributed by atoms with Crippen LogP contribution in [0.2, 0.25) is 0 Å². The maximum atomic E-state index is 12.4. The smallest absolute Gasteiger partial charge is 0.283 e. The van der Waals surface area contributed by atoms with E-state index in [4.69, 9.17) is 15.6 Å². The molecule has 2 aromatic rings. The Morgan fingerprint density at radius 3 is 2.75 bits per heavy atom. The van der Waals surface area contributed by atoms with Crippen LogP contribution in [0.15, 0.2) is 11.1 Å². The van der Waals surface area contributed by atoms with Gasteiger partial charge in [-0.3, -0.25) is 13.9 Å². The molecule has 3 rings (SSSR count). The summed E-state index contributed by atoms with van der Waals surface area (Å²) in [5.41, 5.74) is 5.32. The number of aromatic nitrogens is 4. The molecule has 1 fully saturated rings. The first-order valence-corrected chi connectivity index (χ1v) is 7.28. The molecule has 24 heavy (non-hydrogen) atoms. The molecule has 0 saturated carbocycles. The Bertz CT molecular complexity index is 817. The van der Waals surface area contributed by atoms with Crippen LogP contribution in [0.3, 0.4) is 0 Å². The van der Waals surface area contributed by atoms with Crippen molar-refractivity contribution in [3.8, 4) is 0 Å². The van der Waals surface area contributed by atoms with Gasteiger partial charge in [0.1, 0.15) is 24.6 Å². The van der Waals surface area contributed by atoms with Crippen LogP contribution in [-0.2, 0) is 16.1 Å². The van der Waals surface area contributed by atoms with Crippen molar-refractivity contribution in [3.63, 3.8) is 0 Å². The van der Waals surface area contributed by atoms with Gasteiger partial charge < -0.3 is 30.6 Å². The van der Waals surface area contributed by atoms with E-state index in [0.717, 1.165) is 4.57 Å². The van der Waals surface area contributed by atoms with Gasteiger partial charge in [-0.25, -0.2) is 4.98 Å². The van der Waals surface area contributed by atoms with Crippen molar-refractivity contribution in [1.82, 2.24) is 19.1 Å². The molecular formula is C13H17N5O6. The number of anilines is 1. The highest BCUT2D eigenvalue weighted by molar-refractivity contribution is 5.71. The summed E-state index contributed by atoms with van der Waals surface area (Å²) in [5, 5.41) is 29.1. The highest BCUT2D eigenvalue weighted by Crippen LogP contribution is 2.30. The SMILES string of the molecule is Nc1nc2c(ncn2[C@@H]2O[C@H](CO)[C@@H](O)[C@H]2O)c(=O)n1CCC=O. The molecule has 1 saturated heterocycles. The van der Waals surface area contributed by atoms with E-state index in [1.165, 1.54) is 10.9 Å². The number of aldehydes is 1. The molecule has 4 atom stereocenters. The average molecular weight is 339 g/mol. The molecule has 0 amide bonds. The largest absolute Gasteiger partial charge is 0.394 e. The van der Waals surface area contributed by atoms with Crippen LogP contribution >= 0.6 is 0 Å². The van der Waals surface area contributed by atoms with E-state index in [2.05, 4.69) is 9.97 Å². The van der Waals surface area contributed by atoms with E-state index in [1.807, 2.05) is 0 Å².